The number of aryl methyl sites for hydroxylation is 1. The number of aromatic amines is 1. The number of sulfonamides is 1. The maximum atomic E-state index is 12.3. The molecule has 0 bridgehead atoms. The number of nitrogens with zero attached hydrogens (tertiary/aromatic N) is 2. The van der Waals surface area contributed by atoms with E-state index in [0.717, 1.165) is 11.3 Å². The summed E-state index contributed by atoms with van der Waals surface area (Å²) >= 11 is 0. The number of hydrogen-bond acceptors (Lipinski definition) is 4. The summed E-state index contributed by atoms with van der Waals surface area (Å²) in [6.07, 6.45) is 0.705. The van der Waals surface area contributed by atoms with E-state index in [2.05, 4.69) is 14.9 Å². The fraction of sp³-hybridized carbons (Fsp3) is 0.692. The summed E-state index contributed by atoms with van der Waals surface area (Å²) in [6, 6.07) is 0. The van der Waals surface area contributed by atoms with Crippen LogP contribution in [-0.2, 0) is 21.2 Å². The summed E-state index contributed by atoms with van der Waals surface area (Å²) in [5.41, 5.74) is 1.66. The van der Waals surface area contributed by atoms with E-state index in [9.17, 15) is 13.2 Å². The van der Waals surface area contributed by atoms with Gasteiger partial charge in [-0.3, -0.25) is 14.6 Å². The van der Waals surface area contributed by atoms with Crippen LogP contribution in [0.2, 0.25) is 0 Å². The van der Waals surface area contributed by atoms with Crippen molar-refractivity contribution in [3.63, 3.8) is 0 Å². The van der Waals surface area contributed by atoms with Gasteiger partial charge in [-0.1, -0.05) is 13.8 Å². The summed E-state index contributed by atoms with van der Waals surface area (Å²) in [7, 11) is -0.776. The SMILES string of the molecule is Cc1[nH]nc(NS(=O)(=O)[C@@H](C)C(=O)N(C)C)c1CC(C)C. The Morgan fingerprint density at radius 2 is 1.90 bits per heavy atom. The van der Waals surface area contributed by atoms with Crippen molar-refractivity contribution in [1.29, 1.82) is 0 Å². The van der Waals surface area contributed by atoms with Crippen molar-refractivity contribution in [2.24, 2.45) is 5.92 Å². The van der Waals surface area contributed by atoms with Crippen LogP contribution in [0.1, 0.15) is 32.0 Å². The lowest BCUT2D eigenvalue weighted by Crippen LogP contribution is -2.40. The molecule has 0 aliphatic heterocycles. The molecule has 0 saturated carbocycles. The van der Waals surface area contributed by atoms with Gasteiger partial charge in [-0.15, -0.1) is 0 Å². The lowest BCUT2D eigenvalue weighted by Gasteiger charge is -2.18. The monoisotopic (exact) mass is 316 g/mol. The van der Waals surface area contributed by atoms with Crippen molar-refractivity contribution in [1.82, 2.24) is 15.1 Å². The van der Waals surface area contributed by atoms with Gasteiger partial charge in [0.1, 0.15) is 0 Å². The van der Waals surface area contributed by atoms with Gasteiger partial charge < -0.3 is 4.90 Å². The average molecular weight is 316 g/mol. The first-order chi connectivity index (χ1) is 9.56. The molecule has 120 valence electrons. The maximum absolute atomic E-state index is 12.3. The second-order valence-corrected chi connectivity index (χ2v) is 7.80. The molecule has 1 heterocycles. The Balaban J connectivity index is 3.02. The van der Waals surface area contributed by atoms with Crippen LogP contribution in [-0.4, -0.2) is 48.8 Å². The van der Waals surface area contributed by atoms with Crippen LogP contribution in [0.15, 0.2) is 0 Å². The highest BCUT2D eigenvalue weighted by atomic mass is 32.2. The molecule has 21 heavy (non-hydrogen) atoms. The quantitative estimate of drug-likeness (QED) is 0.822. The number of H-pyrrole nitrogens is 1. The van der Waals surface area contributed by atoms with Crippen molar-refractivity contribution < 1.29 is 13.2 Å². The fourth-order valence-electron chi connectivity index (χ4n) is 1.91. The number of nitrogens with one attached hydrogen (secondary N) is 2. The molecule has 0 fully saturated rings. The van der Waals surface area contributed by atoms with Gasteiger partial charge in [-0.2, -0.15) is 5.10 Å². The third-order valence-corrected chi connectivity index (χ3v) is 4.79. The lowest BCUT2D eigenvalue weighted by molar-refractivity contribution is -0.127. The van der Waals surface area contributed by atoms with Crippen LogP contribution in [0.3, 0.4) is 0 Å². The van der Waals surface area contributed by atoms with Crippen molar-refractivity contribution >= 4 is 21.7 Å². The minimum atomic E-state index is -3.83. The van der Waals surface area contributed by atoms with Crippen LogP contribution in [0, 0.1) is 12.8 Å². The molecule has 1 aromatic rings. The molecule has 1 rings (SSSR count). The molecule has 7 nitrogen and oxygen atoms in total. The van der Waals surface area contributed by atoms with Crippen molar-refractivity contribution in [2.75, 3.05) is 18.8 Å². The Morgan fingerprint density at radius 3 is 2.38 bits per heavy atom. The molecule has 1 aromatic heterocycles. The number of carbonyl (C=O) groups is 1. The zero-order chi connectivity index (χ0) is 16.4. The van der Waals surface area contributed by atoms with Gasteiger partial charge in [-0.05, 0) is 26.2 Å². The number of carbonyl (C=O) groups excluding carboxylic acids is 1. The van der Waals surface area contributed by atoms with Gasteiger partial charge in [0.2, 0.25) is 15.9 Å². The predicted octanol–water partition coefficient (Wildman–Crippen LogP) is 1.14. The minimum Gasteiger partial charge on any atom is -0.348 e. The van der Waals surface area contributed by atoms with E-state index >= 15 is 0 Å². The number of hydrogen-bond donors (Lipinski definition) is 2. The summed E-state index contributed by atoms with van der Waals surface area (Å²) < 4.78 is 27.0. The second-order valence-electron chi connectivity index (χ2n) is 5.80. The predicted molar refractivity (Wildman–Crippen MR) is 82.6 cm³/mol. The van der Waals surface area contributed by atoms with E-state index in [-0.39, 0.29) is 5.82 Å². The molecule has 0 aromatic carbocycles. The van der Waals surface area contributed by atoms with Gasteiger partial charge in [0.05, 0.1) is 0 Å². The summed E-state index contributed by atoms with van der Waals surface area (Å²) in [4.78, 5) is 13.1. The molecule has 0 unspecified atom stereocenters. The molecule has 0 spiro atoms. The standard InChI is InChI=1S/C13H24N4O3S/c1-8(2)7-11-9(3)14-15-12(11)16-21(19,20)10(4)13(18)17(5)6/h8,10H,7H2,1-6H3,(H2,14,15,16)/t10-/m0/s1. The fourth-order valence-corrected chi connectivity index (χ4v) is 3.01. The van der Waals surface area contributed by atoms with Crippen LogP contribution in [0.5, 0.6) is 0 Å². The molecule has 1 atom stereocenters. The van der Waals surface area contributed by atoms with Crippen LogP contribution >= 0.6 is 0 Å². The third-order valence-electron chi connectivity index (χ3n) is 3.18. The van der Waals surface area contributed by atoms with Crippen molar-refractivity contribution in [3.8, 4) is 0 Å². The molecule has 0 aliphatic carbocycles. The number of amides is 1. The number of anilines is 1. The smallest absolute Gasteiger partial charge is 0.245 e. The van der Waals surface area contributed by atoms with Crippen LogP contribution in [0.4, 0.5) is 5.82 Å². The maximum Gasteiger partial charge on any atom is 0.245 e. The molecule has 1 amide bonds. The van der Waals surface area contributed by atoms with Gasteiger partial charge in [0.25, 0.3) is 0 Å². The van der Waals surface area contributed by atoms with Gasteiger partial charge in [0.15, 0.2) is 11.1 Å². The highest BCUT2D eigenvalue weighted by molar-refractivity contribution is 7.94. The minimum absolute atomic E-state index is 0.277. The largest absolute Gasteiger partial charge is 0.348 e. The molecule has 0 radical (unpaired) electrons. The highest BCUT2D eigenvalue weighted by Gasteiger charge is 2.30. The van der Waals surface area contributed by atoms with Gasteiger partial charge in [0, 0.05) is 25.4 Å². The normalized spacial score (nSPS) is 13.3. The Kier molecular flexibility index (Phi) is 5.38. The summed E-state index contributed by atoms with van der Waals surface area (Å²) in [5, 5.41) is 5.61. The highest BCUT2D eigenvalue weighted by Crippen LogP contribution is 2.22. The van der Waals surface area contributed by atoms with E-state index in [1.54, 1.807) is 0 Å². The average Bonchev–Trinajstić information content (AvgIpc) is 2.68. The van der Waals surface area contributed by atoms with Gasteiger partial charge >= 0.3 is 0 Å². The van der Waals surface area contributed by atoms with E-state index < -0.39 is 21.2 Å². The zero-order valence-electron chi connectivity index (χ0n) is 13.4. The van der Waals surface area contributed by atoms with Gasteiger partial charge in [-0.25, -0.2) is 8.42 Å². The van der Waals surface area contributed by atoms with Crippen LogP contribution in [0.25, 0.3) is 0 Å². The zero-order valence-corrected chi connectivity index (χ0v) is 14.2. The second kappa shape index (κ2) is 6.46. The Labute approximate surface area is 126 Å². The van der Waals surface area contributed by atoms with Crippen LogP contribution < -0.4 is 4.72 Å². The van der Waals surface area contributed by atoms with E-state index in [1.165, 1.54) is 25.9 Å². The molecule has 0 saturated heterocycles. The molecule has 0 aliphatic rings. The Hall–Kier alpha value is -1.57. The number of aromatic nitrogens is 2. The summed E-state index contributed by atoms with van der Waals surface area (Å²) in [5.74, 6) is 0.171. The first kappa shape index (κ1) is 17.5. The van der Waals surface area contributed by atoms with E-state index in [4.69, 9.17) is 0 Å². The molecule has 8 heteroatoms. The topological polar surface area (TPSA) is 95.2 Å². The van der Waals surface area contributed by atoms with Crippen molar-refractivity contribution in [2.45, 2.75) is 39.4 Å². The first-order valence-corrected chi connectivity index (χ1v) is 8.37. The Bertz CT molecular complexity index is 605. The first-order valence-electron chi connectivity index (χ1n) is 6.83. The van der Waals surface area contributed by atoms with E-state index in [1.807, 2.05) is 20.8 Å². The molecule has 2 N–H and O–H groups in total. The lowest BCUT2D eigenvalue weighted by atomic mass is 10.0. The molecular weight excluding hydrogens is 292 g/mol. The Morgan fingerprint density at radius 1 is 1.33 bits per heavy atom. The third kappa shape index (κ3) is 4.20. The summed E-state index contributed by atoms with van der Waals surface area (Å²) in [6.45, 7) is 7.30. The number of rotatable bonds is 6. The molecular formula is C13H24N4O3S. The van der Waals surface area contributed by atoms with Crippen molar-refractivity contribution in [3.05, 3.63) is 11.3 Å². The van der Waals surface area contributed by atoms with E-state index in [0.29, 0.717) is 12.3 Å².